The molecule has 0 aliphatic rings. The first-order valence-corrected chi connectivity index (χ1v) is 5.22. The molecule has 90 valence electrons. The van der Waals surface area contributed by atoms with Crippen molar-refractivity contribution in [1.82, 2.24) is 0 Å². The van der Waals surface area contributed by atoms with Crippen LogP contribution in [0.3, 0.4) is 0 Å². The van der Waals surface area contributed by atoms with Crippen molar-refractivity contribution in [2.24, 2.45) is 0 Å². The van der Waals surface area contributed by atoms with Gasteiger partial charge in [-0.05, 0) is 27.7 Å². The van der Waals surface area contributed by atoms with E-state index in [1.54, 1.807) is 27.7 Å². The van der Waals surface area contributed by atoms with Crippen molar-refractivity contribution in [2.45, 2.75) is 39.9 Å². The van der Waals surface area contributed by atoms with Crippen molar-refractivity contribution in [2.75, 3.05) is 0 Å². The summed E-state index contributed by atoms with van der Waals surface area (Å²) < 4.78 is 36.8. The second-order valence-corrected chi connectivity index (χ2v) is 4.05. The maximum absolute atomic E-state index is 13.0. The smallest absolute Gasteiger partial charge is 0.164 e. The highest BCUT2D eigenvalue weighted by atomic mass is 19.2. The summed E-state index contributed by atoms with van der Waals surface area (Å²) in [5.41, 5.74) is 0. The Morgan fingerprint density at radius 1 is 0.812 bits per heavy atom. The minimum absolute atomic E-state index is 0.126. The molecular formula is C12H16F2O2. The van der Waals surface area contributed by atoms with Crippen LogP contribution in [0.1, 0.15) is 27.7 Å². The summed E-state index contributed by atoms with van der Waals surface area (Å²) in [5, 5.41) is 0. The Morgan fingerprint density at radius 3 is 1.38 bits per heavy atom. The Hall–Kier alpha value is -1.32. The Morgan fingerprint density at radius 2 is 1.12 bits per heavy atom. The van der Waals surface area contributed by atoms with Crippen LogP contribution < -0.4 is 9.47 Å². The van der Waals surface area contributed by atoms with Gasteiger partial charge in [0.05, 0.1) is 12.2 Å². The van der Waals surface area contributed by atoms with Crippen LogP contribution in [-0.2, 0) is 0 Å². The van der Waals surface area contributed by atoms with E-state index in [1.165, 1.54) is 0 Å². The normalized spacial score (nSPS) is 11.0. The van der Waals surface area contributed by atoms with Gasteiger partial charge in [-0.3, -0.25) is 0 Å². The number of hydrogen-bond acceptors (Lipinski definition) is 2. The first kappa shape index (κ1) is 12.7. The number of rotatable bonds is 4. The first-order valence-electron chi connectivity index (χ1n) is 5.22. The number of halogens is 2. The number of hydrogen-bond donors (Lipinski definition) is 0. The van der Waals surface area contributed by atoms with Crippen molar-refractivity contribution in [3.63, 3.8) is 0 Å². The summed E-state index contributed by atoms with van der Waals surface area (Å²) in [4.78, 5) is 0. The maximum Gasteiger partial charge on any atom is 0.164 e. The van der Waals surface area contributed by atoms with Gasteiger partial charge in [0.2, 0.25) is 0 Å². The molecule has 0 aliphatic heterocycles. The second kappa shape index (κ2) is 5.14. The predicted octanol–water partition coefficient (Wildman–Crippen LogP) is 3.54. The first-order chi connectivity index (χ1) is 7.40. The fraction of sp³-hybridized carbons (Fsp3) is 0.500. The molecule has 0 unspecified atom stereocenters. The monoisotopic (exact) mass is 230 g/mol. The van der Waals surface area contributed by atoms with Crippen LogP contribution in [0.4, 0.5) is 8.78 Å². The van der Waals surface area contributed by atoms with Crippen LogP contribution in [0.5, 0.6) is 11.5 Å². The third kappa shape index (κ3) is 3.36. The van der Waals surface area contributed by atoms with E-state index in [-0.39, 0.29) is 23.7 Å². The summed E-state index contributed by atoms with van der Waals surface area (Å²) >= 11 is 0. The van der Waals surface area contributed by atoms with Crippen molar-refractivity contribution in [3.05, 3.63) is 23.8 Å². The van der Waals surface area contributed by atoms with E-state index in [0.29, 0.717) is 0 Å². The zero-order chi connectivity index (χ0) is 12.3. The molecule has 0 bridgehead atoms. The van der Waals surface area contributed by atoms with Crippen LogP contribution in [0.15, 0.2) is 12.1 Å². The number of benzene rings is 1. The average Bonchev–Trinajstić information content (AvgIpc) is 2.11. The van der Waals surface area contributed by atoms with Crippen molar-refractivity contribution < 1.29 is 18.3 Å². The van der Waals surface area contributed by atoms with E-state index >= 15 is 0 Å². The minimum atomic E-state index is -0.938. The van der Waals surface area contributed by atoms with E-state index in [4.69, 9.17) is 9.47 Å². The third-order valence-corrected chi connectivity index (χ3v) is 1.71. The Balaban J connectivity index is 3.06. The lowest BCUT2D eigenvalue weighted by molar-refractivity contribution is 0.196. The van der Waals surface area contributed by atoms with Gasteiger partial charge < -0.3 is 9.47 Å². The lowest BCUT2D eigenvalue weighted by Crippen LogP contribution is -2.11. The molecule has 0 spiro atoms. The minimum Gasteiger partial charge on any atom is -0.487 e. The topological polar surface area (TPSA) is 18.5 Å². The van der Waals surface area contributed by atoms with Crippen LogP contribution in [0.25, 0.3) is 0 Å². The third-order valence-electron chi connectivity index (χ3n) is 1.71. The van der Waals surface area contributed by atoms with Crippen molar-refractivity contribution >= 4 is 0 Å². The SMILES string of the molecule is CC(C)Oc1cc(F)c(F)cc1OC(C)C. The predicted molar refractivity (Wildman–Crippen MR) is 57.9 cm³/mol. The molecule has 0 radical (unpaired) electrons. The summed E-state index contributed by atoms with van der Waals surface area (Å²) in [6.45, 7) is 7.22. The molecule has 0 saturated carbocycles. The van der Waals surface area contributed by atoms with Gasteiger partial charge in [-0.15, -0.1) is 0 Å². The molecule has 0 atom stereocenters. The zero-order valence-electron chi connectivity index (χ0n) is 9.88. The molecular weight excluding hydrogens is 214 g/mol. The van der Waals surface area contributed by atoms with Crippen LogP contribution in [-0.4, -0.2) is 12.2 Å². The summed E-state index contributed by atoms with van der Waals surface area (Å²) in [5.74, 6) is -1.43. The lowest BCUT2D eigenvalue weighted by Gasteiger charge is -2.17. The summed E-state index contributed by atoms with van der Waals surface area (Å²) in [6, 6.07) is 2.01. The molecule has 0 aliphatic carbocycles. The summed E-state index contributed by atoms with van der Waals surface area (Å²) in [7, 11) is 0. The van der Waals surface area contributed by atoms with E-state index in [9.17, 15) is 8.78 Å². The van der Waals surface area contributed by atoms with Crippen LogP contribution >= 0.6 is 0 Å². The molecule has 0 fully saturated rings. The molecule has 0 saturated heterocycles. The highest BCUT2D eigenvalue weighted by molar-refractivity contribution is 5.41. The fourth-order valence-electron chi connectivity index (χ4n) is 1.20. The second-order valence-electron chi connectivity index (χ2n) is 4.05. The summed E-state index contributed by atoms with van der Waals surface area (Å²) in [6.07, 6.45) is -0.251. The molecule has 2 nitrogen and oxygen atoms in total. The lowest BCUT2D eigenvalue weighted by atomic mass is 10.3. The number of ether oxygens (including phenoxy) is 2. The molecule has 1 aromatic carbocycles. The van der Waals surface area contributed by atoms with Gasteiger partial charge in [0.15, 0.2) is 23.1 Å². The standard InChI is InChI=1S/C12H16F2O2/c1-7(2)15-11-5-9(13)10(14)6-12(11)16-8(3)4/h5-8H,1-4H3. The Labute approximate surface area is 94.2 Å². The van der Waals surface area contributed by atoms with Crippen molar-refractivity contribution in [1.29, 1.82) is 0 Å². The van der Waals surface area contributed by atoms with E-state index in [2.05, 4.69) is 0 Å². The van der Waals surface area contributed by atoms with Crippen molar-refractivity contribution in [3.8, 4) is 11.5 Å². The van der Waals surface area contributed by atoms with Gasteiger partial charge in [-0.2, -0.15) is 0 Å². The zero-order valence-corrected chi connectivity index (χ0v) is 9.88. The highest BCUT2D eigenvalue weighted by Gasteiger charge is 2.14. The molecule has 16 heavy (non-hydrogen) atoms. The molecule has 0 N–H and O–H groups in total. The van der Waals surface area contributed by atoms with Gasteiger partial charge in [-0.25, -0.2) is 8.78 Å². The Kier molecular flexibility index (Phi) is 4.10. The molecule has 1 rings (SSSR count). The molecule has 0 heterocycles. The van der Waals surface area contributed by atoms with E-state index in [1.807, 2.05) is 0 Å². The van der Waals surface area contributed by atoms with Gasteiger partial charge in [0.1, 0.15) is 0 Å². The highest BCUT2D eigenvalue weighted by Crippen LogP contribution is 2.31. The van der Waals surface area contributed by atoms with Gasteiger partial charge in [0, 0.05) is 12.1 Å². The molecule has 0 amide bonds. The van der Waals surface area contributed by atoms with E-state index < -0.39 is 11.6 Å². The molecule has 4 heteroatoms. The largest absolute Gasteiger partial charge is 0.487 e. The van der Waals surface area contributed by atoms with Gasteiger partial charge >= 0.3 is 0 Å². The van der Waals surface area contributed by atoms with Crippen LogP contribution in [0, 0.1) is 11.6 Å². The van der Waals surface area contributed by atoms with E-state index in [0.717, 1.165) is 12.1 Å². The molecule has 1 aromatic rings. The fourth-order valence-corrected chi connectivity index (χ4v) is 1.20. The quantitative estimate of drug-likeness (QED) is 0.787. The Bertz CT molecular complexity index is 327. The van der Waals surface area contributed by atoms with Gasteiger partial charge in [0.25, 0.3) is 0 Å². The van der Waals surface area contributed by atoms with Crippen LogP contribution in [0.2, 0.25) is 0 Å². The molecule has 0 aromatic heterocycles. The maximum atomic E-state index is 13.0. The average molecular weight is 230 g/mol. The van der Waals surface area contributed by atoms with Gasteiger partial charge in [-0.1, -0.05) is 0 Å².